The third kappa shape index (κ3) is 4.72. The molecule has 25 heavy (non-hydrogen) atoms. The van der Waals surface area contributed by atoms with Crippen molar-refractivity contribution in [2.45, 2.75) is 19.9 Å². The molecule has 8 heteroatoms. The van der Waals surface area contributed by atoms with E-state index in [0.29, 0.717) is 13.1 Å². The van der Waals surface area contributed by atoms with E-state index in [1.165, 1.54) is 4.31 Å². The zero-order valence-electron chi connectivity index (χ0n) is 14.3. The molecule has 1 aliphatic rings. The number of piperazine rings is 1. The quantitative estimate of drug-likeness (QED) is 0.726. The molecule has 1 aliphatic heterocycles. The fourth-order valence-corrected chi connectivity index (χ4v) is 4.15. The first-order chi connectivity index (χ1) is 11.7. The van der Waals surface area contributed by atoms with Crippen molar-refractivity contribution in [1.82, 2.24) is 9.03 Å². The van der Waals surface area contributed by atoms with Gasteiger partial charge in [0.2, 0.25) is 0 Å². The van der Waals surface area contributed by atoms with Gasteiger partial charge in [-0.1, -0.05) is 19.8 Å². The number of aliphatic carboxylic acids is 1. The first-order valence-corrected chi connectivity index (χ1v) is 9.50. The summed E-state index contributed by atoms with van der Waals surface area (Å²) in [6.45, 7) is 4.96. The van der Waals surface area contributed by atoms with E-state index in [1.807, 2.05) is 24.3 Å². The fraction of sp³-hybridized carbons (Fsp3) is 0.471. The molecular weight excluding hydrogens is 342 g/mol. The number of hydrogen-bond acceptors (Lipinski definition) is 4. The summed E-state index contributed by atoms with van der Waals surface area (Å²) in [5, 5.41) is 9.17. The van der Waals surface area contributed by atoms with Crippen LogP contribution < -0.4 is 9.62 Å². The molecule has 1 heterocycles. The lowest BCUT2D eigenvalue weighted by atomic mass is 10.1. The maximum Gasteiger partial charge on any atom is 0.322 e. The number of anilines is 1. The largest absolute Gasteiger partial charge is 0.480 e. The molecule has 0 spiro atoms. The summed E-state index contributed by atoms with van der Waals surface area (Å²) in [6.07, 6.45) is 5.34. The highest BCUT2D eigenvalue weighted by Crippen LogP contribution is 2.18. The van der Waals surface area contributed by atoms with E-state index in [1.54, 1.807) is 13.8 Å². The van der Waals surface area contributed by atoms with E-state index < -0.39 is 22.2 Å². The van der Waals surface area contributed by atoms with E-state index in [9.17, 15) is 18.3 Å². The number of nitrogens with one attached hydrogen (secondary N) is 1. The van der Waals surface area contributed by atoms with E-state index >= 15 is 0 Å². The average Bonchev–Trinajstić information content (AvgIpc) is 2.59. The predicted molar refractivity (Wildman–Crippen MR) is 96.5 cm³/mol. The number of rotatable bonds is 6. The Morgan fingerprint density at radius 3 is 2.20 bits per heavy atom. The minimum absolute atomic E-state index is 0.288. The van der Waals surface area contributed by atoms with Crippen molar-refractivity contribution in [3.8, 4) is 12.3 Å². The van der Waals surface area contributed by atoms with Crippen LogP contribution in [0.1, 0.15) is 19.4 Å². The Hall–Kier alpha value is -2.08. The van der Waals surface area contributed by atoms with Gasteiger partial charge in [0, 0.05) is 37.4 Å². The van der Waals surface area contributed by atoms with Crippen molar-refractivity contribution in [3.63, 3.8) is 0 Å². The van der Waals surface area contributed by atoms with E-state index in [0.717, 1.165) is 11.3 Å². The monoisotopic (exact) mass is 365 g/mol. The summed E-state index contributed by atoms with van der Waals surface area (Å²) >= 11 is 0. The highest BCUT2D eigenvalue weighted by Gasteiger charge is 2.32. The van der Waals surface area contributed by atoms with Gasteiger partial charge in [0.1, 0.15) is 6.04 Å². The molecule has 7 nitrogen and oxygen atoms in total. The molecule has 2 N–H and O–H groups in total. The van der Waals surface area contributed by atoms with Crippen LogP contribution in [0.2, 0.25) is 0 Å². The number of carboxylic acids is 1. The lowest BCUT2D eigenvalue weighted by molar-refractivity contribution is -0.140. The van der Waals surface area contributed by atoms with Crippen molar-refractivity contribution in [2.24, 2.45) is 5.92 Å². The second kappa shape index (κ2) is 7.87. The van der Waals surface area contributed by atoms with E-state index in [4.69, 9.17) is 6.42 Å². The Morgan fingerprint density at radius 2 is 1.76 bits per heavy atom. The van der Waals surface area contributed by atoms with Crippen molar-refractivity contribution < 1.29 is 18.3 Å². The number of carbonyl (C=O) groups is 1. The number of hydrogen-bond donors (Lipinski definition) is 2. The van der Waals surface area contributed by atoms with E-state index in [2.05, 4.69) is 15.5 Å². The molecule has 2 rings (SSSR count). The molecule has 136 valence electrons. The topological polar surface area (TPSA) is 90.0 Å². The minimum atomic E-state index is -3.84. The van der Waals surface area contributed by atoms with Gasteiger partial charge < -0.3 is 10.0 Å². The molecule has 1 fully saturated rings. The van der Waals surface area contributed by atoms with E-state index in [-0.39, 0.29) is 19.0 Å². The molecule has 0 aliphatic carbocycles. The first-order valence-electron chi connectivity index (χ1n) is 8.06. The van der Waals surface area contributed by atoms with Crippen LogP contribution in [0.3, 0.4) is 0 Å². The van der Waals surface area contributed by atoms with Gasteiger partial charge in [0.05, 0.1) is 0 Å². The summed E-state index contributed by atoms with van der Waals surface area (Å²) in [5.41, 5.74) is 1.78. The first kappa shape index (κ1) is 19.2. The lowest BCUT2D eigenvalue weighted by Crippen LogP contribution is -2.55. The molecule has 1 saturated heterocycles. The standard InChI is InChI=1S/C17H23N3O4S/c1-4-14-5-7-15(8-6-14)19-9-11-20(12-10-19)25(23,24)18-16(13(2)3)17(21)22/h1,5-8,13,16,18H,9-12H2,2-3H3,(H,21,22)/t16-/m1/s1. The molecule has 1 aromatic rings. The minimum Gasteiger partial charge on any atom is -0.480 e. The van der Waals surface area contributed by atoms with Crippen LogP contribution in [0.25, 0.3) is 0 Å². The van der Waals surface area contributed by atoms with Gasteiger partial charge in [-0.3, -0.25) is 4.79 Å². The smallest absolute Gasteiger partial charge is 0.322 e. The molecule has 0 aromatic heterocycles. The summed E-state index contributed by atoms with van der Waals surface area (Å²) in [4.78, 5) is 13.3. The SMILES string of the molecule is C#Cc1ccc(N2CCN(S(=O)(=O)N[C@@H](C(=O)O)C(C)C)CC2)cc1. The second-order valence-electron chi connectivity index (χ2n) is 6.26. The third-order valence-corrected chi connectivity index (χ3v) is 5.78. The third-order valence-electron chi connectivity index (χ3n) is 4.19. The van der Waals surface area contributed by atoms with Crippen LogP contribution >= 0.6 is 0 Å². The summed E-state index contributed by atoms with van der Waals surface area (Å²) < 4.78 is 28.5. The van der Waals surface area contributed by atoms with Crippen LogP contribution in [0.5, 0.6) is 0 Å². The Bertz CT molecular complexity index is 745. The zero-order chi connectivity index (χ0) is 18.6. The van der Waals surface area contributed by atoms with Gasteiger partial charge in [-0.25, -0.2) is 0 Å². The number of carboxylic acid groups (broad SMARTS) is 1. The second-order valence-corrected chi connectivity index (χ2v) is 7.96. The van der Waals surface area contributed by atoms with Gasteiger partial charge >= 0.3 is 5.97 Å². The summed E-state index contributed by atoms with van der Waals surface area (Å²) in [7, 11) is -3.84. The number of benzene rings is 1. The molecule has 0 unspecified atom stereocenters. The molecule has 1 aromatic carbocycles. The van der Waals surface area contributed by atoms with Gasteiger partial charge in [-0.05, 0) is 30.2 Å². The van der Waals surface area contributed by atoms with Crippen molar-refractivity contribution in [1.29, 1.82) is 0 Å². The molecule has 0 bridgehead atoms. The predicted octanol–water partition coefficient (Wildman–Crippen LogP) is 0.734. The van der Waals surface area contributed by atoms with Gasteiger partial charge in [-0.2, -0.15) is 17.4 Å². The van der Waals surface area contributed by atoms with Crippen molar-refractivity contribution in [2.75, 3.05) is 31.1 Å². The average molecular weight is 365 g/mol. The maximum absolute atomic E-state index is 12.4. The van der Waals surface area contributed by atoms with Gasteiger partial charge in [0.25, 0.3) is 10.2 Å². The van der Waals surface area contributed by atoms with Crippen LogP contribution in [-0.2, 0) is 15.0 Å². The molecule has 1 atom stereocenters. The molecule has 0 radical (unpaired) electrons. The summed E-state index contributed by atoms with van der Waals surface area (Å²) in [6, 6.07) is 6.38. The van der Waals surface area contributed by atoms with Crippen LogP contribution in [-0.4, -0.2) is 56.0 Å². The van der Waals surface area contributed by atoms with Crippen LogP contribution in [0.4, 0.5) is 5.69 Å². The maximum atomic E-state index is 12.4. The van der Waals surface area contributed by atoms with Crippen molar-refractivity contribution >= 4 is 21.9 Å². The number of nitrogens with zero attached hydrogens (tertiary/aromatic N) is 2. The molecule has 0 amide bonds. The Balaban J connectivity index is 2.00. The summed E-state index contributed by atoms with van der Waals surface area (Å²) in [5.74, 6) is 1.04. The van der Waals surface area contributed by atoms with Gasteiger partial charge in [0.15, 0.2) is 0 Å². The molecular formula is C17H23N3O4S. The molecule has 0 saturated carbocycles. The lowest BCUT2D eigenvalue weighted by Gasteiger charge is -2.36. The Labute approximate surface area is 148 Å². The van der Waals surface area contributed by atoms with Gasteiger partial charge in [-0.15, -0.1) is 6.42 Å². The van der Waals surface area contributed by atoms with Crippen LogP contribution in [0, 0.1) is 18.3 Å². The Morgan fingerprint density at radius 1 is 1.20 bits per heavy atom. The highest BCUT2D eigenvalue weighted by atomic mass is 32.2. The highest BCUT2D eigenvalue weighted by molar-refractivity contribution is 7.87. The van der Waals surface area contributed by atoms with Crippen molar-refractivity contribution in [3.05, 3.63) is 29.8 Å². The zero-order valence-corrected chi connectivity index (χ0v) is 15.2. The van der Waals surface area contributed by atoms with Crippen LogP contribution in [0.15, 0.2) is 24.3 Å². The fourth-order valence-electron chi connectivity index (χ4n) is 2.66. The normalized spacial score (nSPS) is 17.3. The Kier molecular flexibility index (Phi) is 6.06. The number of terminal acetylenes is 1.